The molecule has 0 aliphatic carbocycles. The highest BCUT2D eigenvalue weighted by molar-refractivity contribution is 9.10. The van der Waals surface area contributed by atoms with Gasteiger partial charge in [-0.1, -0.05) is 54.7 Å². The Kier molecular flexibility index (Phi) is 7.28. The molecule has 0 saturated heterocycles. The van der Waals surface area contributed by atoms with Crippen molar-refractivity contribution in [2.75, 3.05) is 6.54 Å². The molecule has 0 radical (unpaired) electrons. The van der Waals surface area contributed by atoms with E-state index in [1.165, 1.54) is 18.4 Å². The predicted molar refractivity (Wildman–Crippen MR) is 84.3 cm³/mol. The van der Waals surface area contributed by atoms with E-state index in [-0.39, 0.29) is 0 Å². The van der Waals surface area contributed by atoms with E-state index >= 15 is 0 Å². The van der Waals surface area contributed by atoms with Crippen molar-refractivity contribution in [1.29, 1.82) is 0 Å². The fourth-order valence-corrected chi connectivity index (χ4v) is 2.91. The first-order chi connectivity index (χ1) is 8.60. The summed E-state index contributed by atoms with van der Waals surface area (Å²) >= 11 is 9.89. The molecule has 0 saturated carbocycles. The van der Waals surface area contributed by atoms with E-state index in [0.29, 0.717) is 12.0 Å². The summed E-state index contributed by atoms with van der Waals surface area (Å²) in [6.45, 7) is 7.75. The number of rotatable bonds is 7. The smallest absolute Gasteiger partial charge is 0.0454 e. The average Bonchev–Trinajstić information content (AvgIpc) is 2.34. The van der Waals surface area contributed by atoms with E-state index in [9.17, 15) is 0 Å². The quantitative estimate of drug-likeness (QED) is 0.687. The first-order valence-electron chi connectivity index (χ1n) is 6.78. The molecule has 0 bridgehead atoms. The number of halogens is 2. The molecule has 0 fully saturated rings. The molecule has 1 rings (SSSR count). The zero-order valence-corrected chi connectivity index (χ0v) is 13.8. The minimum Gasteiger partial charge on any atom is -0.310 e. The second-order valence-electron chi connectivity index (χ2n) is 4.86. The van der Waals surface area contributed by atoms with E-state index < -0.39 is 0 Å². The molecule has 1 aromatic rings. The van der Waals surface area contributed by atoms with Crippen molar-refractivity contribution < 1.29 is 0 Å². The number of benzene rings is 1. The molecule has 2 atom stereocenters. The van der Waals surface area contributed by atoms with Crippen LogP contribution < -0.4 is 5.32 Å². The van der Waals surface area contributed by atoms with Crippen LogP contribution in [0.15, 0.2) is 22.7 Å². The SMILES string of the molecule is CCCNC(c1cc(Br)ccc1Cl)C(C)CCC. The lowest BCUT2D eigenvalue weighted by Crippen LogP contribution is -2.28. The van der Waals surface area contributed by atoms with Crippen molar-refractivity contribution in [3.63, 3.8) is 0 Å². The third-order valence-corrected chi connectivity index (χ3v) is 4.06. The molecule has 1 N–H and O–H groups in total. The Morgan fingerprint density at radius 2 is 2.00 bits per heavy atom. The van der Waals surface area contributed by atoms with Crippen LogP contribution in [0.4, 0.5) is 0 Å². The summed E-state index contributed by atoms with van der Waals surface area (Å²) in [4.78, 5) is 0. The van der Waals surface area contributed by atoms with Crippen LogP contribution in [0.25, 0.3) is 0 Å². The zero-order chi connectivity index (χ0) is 13.5. The second-order valence-corrected chi connectivity index (χ2v) is 6.19. The van der Waals surface area contributed by atoms with Crippen LogP contribution in [0.1, 0.15) is 51.6 Å². The maximum atomic E-state index is 6.35. The van der Waals surface area contributed by atoms with Gasteiger partial charge in [-0.2, -0.15) is 0 Å². The summed E-state index contributed by atoms with van der Waals surface area (Å²) in [5, 5.41) is 4.49. The van der Waals surface area contributed by atoms with Gasteiger partial charge in [0.15, 0.2) is 0 Å². The van der Waals surface area contributed by atoms with Crippen LogP contribution in [0.3, 0.4) is 0 Å². The summed E-state index contributed by atoms with van der Waals surface area (Å²) in [6.07, 6.45) is 3.56. The Balaban J connectivity index is 2.96. The van der Waals surface area contributed by atoms with Crippen LogP contribution in [-0.2, 0) is 0 Å². The Hall–Kier alpha value is -0.0500. The molecular weight excluding hydrogens is 310 g/mol. The first-order valence-corrected chi connectivity index (χ1v) is 7.95. The fourth-order valence-electron chi connectivity index (χ4n) is 2.29. The molecule has 0 aromatic heterocycles. The molecule has 0 heterocycles. The van der Waals surface area contributed by atoms with Gasteiger partial charge in [0.1, 0.15) is 0 Å². The summed E-state index contributed by atoms with van der Waals surface area (Å²) in [6, 6.07) is 6.45. The molecule has 2 unspecified atom stereocenters. The maximum absolute atomic E-state index is 6.35. The lowest BCUT2D eigenvalue weighted by atomic mass is 9.91. The maximum Gasteiger partial charge on any atom is 0.0454 e. The molecule has 0 aliphatic rings. The largest absolute Gasteiger partial charge is 0.310 e. The summed E-state index contributed by atoms with van der Waals surface area (Å²) in [7, 11) is 0. The van der Waals surface area contributed by atoms with Gasteiger partial charge in [0.2, 0.25) is 0 Å². The molecule has 0 aliphatic heterocycles. The van der Waals surface area contributed by atoms with Crippen molar-refractivity contribution in [1.82, 2.24) is 5.32 Å². The monoisotopic (exact) mass is 331 g/mol. The van der Waals surface area contributed by atoms with Crippen molar-refractivity contribution in [3.8, 4) is 0 Å². The molecule has 0 amide bonds. The van der Waals surface area contributed by atoms with E-state index in [1.54, 1.807) is 0 Å². The van der Waals surface area contributed by atoms with Gasteiger partial charge < -0.3 is 5.32 Å². The van der Waals surface area contributed by atoms with Crippen LogP contribution in [0.2, 0.25) is 5.02 Å². The Morgan fingerprint density at radius 1 is 1.28 bits per heavy atom. The molecular formula is C15H23BrClN. The molecule has 102 valence electrons. The van der Waals surface area contributed by atoms with Crippen LogP contribution in [-0.4, -0.2) is 6.54 Å². The molecule has 3 heteroatoms. The fraction of sp³-hybridized carbons (Fsp3) is 0.600. The highest BCUT2D eigenvalue weighted by atomic mass is 79.9. The third kappa shape index (κ3) is 4.56. The highest BCUT2D eigenvalue weighted by Gasteiger charge is 2.20. The topological polar surface area (TPSA) is 12.0 Å². The lowest BCUT2D eigenvalue weighted by Gasteiger charge is -2.26. The Labute approximate surface area is 124 Å². The Morgan fingerprint density at radius 3 is 2.61 bits per heavy atom. The van der Waals surface area contributed by atoms with Gasteiger partial charge in [0.05, 0.1) is 0 Å². The van der Waals surface area contributed by atoms with Crippen LogP contribution in [0.5, 0.6) is 0 Å². The summed E-state index contributed by atoms with van der Waals surface area (Å²) in [5.74, 6) is 0.591. The molecule has 1 aromatic carbocycles. The Bertz CT molecular complexity index is 368. The highest BCUT2D eigenvalue weighted by Crippen LogP contribution is 2.32. The average molecular weight is 333 g/mol. The van der Waals surface area contributed by atoms with Gasteiger partial charge >= 0.3 is 0 Å². The normalized spacial score (nSPS) is 14.5. The number of nitrogens with one attached hydrogen (secondary N) is 1. The van der Waals surface area contributed by atoms with Gasteiger partial charge in [-0.3, -0.25) is 0 Å². The summed E-state index contributed by atoms with van der Waals surface area (Å²) < 4.78 is 1.09. The van der Waals surface area contributed by atoms with Crippen molar-refractivity contribution in [2.24, 2.45) is 5.92 Å². The molecule has 18 heavy (non-hydrogen) atoms. The van der Waals surface area contributed by atoms with Crippen molar-refractivity contribution in [2.45, 2.75) is 46.1 Å². The summed E-state index contributed by atoms with van der Waals surface area (Å²) in [5.41, 5.74) is 1.21. The zero-order valence-electron chi connectivity index (χ0n) is 11.5. The molecule has 0 spiro atoms. The van der Waals surface area contributed by atoms with Crippen molar-refractivity contribution in [3.05, 3.63) is 33.3 Å². The van der Waals surface area contributed by atoms with Gasteiger partial charge in [0, 0.05) is 15.5 Å². The minimum atomic E-state index is 0.342. The second kappa shape index (κ2) is 8.19. The third-order valence-electron chi connectivity index (χ3n) is 3.22. The van der Waals surface area contributed by atoms with Gasteiger partial charge in [-0.05, 0) is 49.1 Å². The standard InChI is InChI=1S/C15H23BrClN/c1-4-6-11(3)15(18-9-5-2)13-10-12(16)7-8-14(13)17/h7-8,10-11,15,18H,4-6,9H2,1-3H3. The lowest BCUT2D eigenvalue weighted by molar-refractivity contribution is 0.363. The number of hydrogen-bond donors (Lipinski definition) is 1. The van der Waals surface area contributed by atoms with E-state index in [2.05, 4.69) is 48.1 Å². The molecule has 1 nitrogen and oxygen atoms in total. The van der Waals surface area contributed by atoms with Gasteiger partial charge in [-0.25, -0.2) is 0 Å². The van der Waals surface area contributed by atoms with Gasteiger partial charge in [-0.15, -0.1) is 0 Å². The van der Waals surface area contributed by atoms with E-state index in [4.69, 9.17) is 11.6 Å². The van der Waals surface area contributed by atoms with Gasteiger partial charge in [0.25, 0.3) is 0 Å². The first kappa shape index (κ1) is 16.0. The minimum absolute atomic E-state index is 0.342. The predicted octanol–water partition coefficient (Wildman–Crippen LogP) is 5.58. The van der Waals surface area contributed by atoms with E-state index in [1.807, 2.05) is 12.1 Å². The van der Waals surface area contributed by atoms with E-state index in [0.717, 1.165) is 22.5 Å². The van der Waals surface area contributed by atoms with Crippen LogP contribution >= 0.6 is 27.5 Å². The van der Waals surface area contributed by atoms with Crippen LogP contribution in [0, 0.1) is 5.92 Å². The number of hydrogen-bond acceptors (Lipinski definition) is 1. The van der Waals surface area contributed by atoms with Crippen molar-refractivity contribution >= 4 is 27.5 Å².